The summed E-state index contributed by atoms with van der Waals surface area (Å²) in [5.41, 5.74) is 3.20. The third kappa shape index (κ3) is 5.90. The van der Waals surface area contributed by atoms with Crippen LogP contribution >= 0.6 is 11.3 Å². The van der Waals surface area contributed by atoms with Crippen LogP contribution in [-0.4, -0.2) is 29.9 Å². The molecule has 0 bridgehead atoms. The van der Waals surface area contributed by atoms with E-state index in [1.807, 2.05) is 49.6 Å². The zero-order valence-electron chi connectivity index (χ0n) is 17.1. The van der Waals surface area contributed by atoms with Gasteiger partial charge in [-0.25, -0.2) is 4.98 Å². The fourth-order valence-corrected chi connectivity index (χ4v) is 3.55. The Hall–Kier alpha value is -3.19. The number of aryl methyl sites for hydroxylation is 1. The van der Waals surface area contributed by atoms with Crippen LogP contribution in [0.25, 0.3) is 11.3 Å². The highest BCUT2D eigenvalue weighted by Crippen LogP contribution is 2.23. The Morgan fingerprint density at radius 2 is 1.87 bits per heavy atom. The molecule has 0 unspecified atom stereocenters. The molecule has 3 aromatic rings. The quantitative estimate of drug-likeness (QED) is 0.490. The Kier molecular flexibility index (Phi) is 7.57. The number of hydrogen-bond acceptors (Lipinski definition) is 5. The average molecular weight is 424 g/mol. The fraction of sp³-hybridized carbons (Fsp3) is 0.261. The Balaban J connectivity index is 1.42. The van der Waals surface area contributed by atoms with Crippen molar-refractivity contribution in [2.24, 2.45) is 0 Å². The zero-order valence-corrected chi connectivity index (χ0v) is 17.9. The van der Waals surface area contributed by atoms with Gasteiger partial charge in [0.05, 0.1) is 22.9 Å². The summed E-state index contributed by atoms with van der Waals surface area (Å²) >= 11 is 1.61. The van der Waals surface area contributed by atoms with Crippen molar-refractivity contribution in [3.8, 4) is 17.0 Å². The predicted molar refractivity (Wildman–Crippen MR) is 120 cm³/mol. The minimum atomic E-state index is -0.202. The van der Waals surface area contributed by atoms with E-state index in [-0.39, 0.29) is 11.8 Å². The largest absolute Gasteiger partial charge is 0.493 e. The molecule has 1 heterocycles. The van der Waals surface area contributed by atoms with Gasteiger partial charge in [-0.2, -0.15) is 0 Å². The van der Waals surface area contributed by atoms with Crippen LogP contribution in [0.5, 0.6) is 5.75 Å². The standard InChI is InChI=1S/C23H25N3O3S/c1-3-29-21-8-5-4-7-19(21)23(28)24-14-6-9-22(27)26-18-12-10-17(11-13-18)20-15-30-16(2)25-20/h4-5,7-8,10-13,15H,3,6,9,14H2,1-2H3,(H,24,28)(H,26,27). The highest BCUT2D eigenvalue weighted by Gasteiger charge is 2.11. The van der Waals surface area contributed by atoms with Crippen molar-refractivity contribution in [2.45, 2.75) is 26.7 Å². The highest BCUT2D eigenvalue weighted by atomic mass is 32.1. The van der Waals surface area contributed by atoms with Crippen molar-refractivity contribution in [1.29, 1.82) is 0 Å². The van der Waals surface area contributed by atoms with Gasteiger partial charge in [-0.3, -0.25) is 9.59 Å². The minimum absolute atomic E-state index is 0.0868. The van der Waals surface area contributed by atoms with E-state index in [1.165, 1.54) is 0 Å². The molecule has 0 aliphatic rings. The fourth-order valence-electron chi connectivity index (χ4n) is 2.93. The van der Waals surface area contributed by atoms with E-state index in [9.17, 15) is 9.59 Å². The first-order valence-corrected chi connectivity index (χ1v) is 10.8. The molecule has 0 fully saturated rings. The normalized spacial score (nSPS) is 10.5. The van der Waals surface area contributed by atoms with E-state index in [0.29, 0.717) is 37.3 Å². The lowest BCUT2D eigenvalue weighted by atomic mass is 10.1. The van der Waals surface area contributed by atoms with Crippen LogP contribution in [0.4, 0.5) is 5.69 Å². The van der Waals surface area contributed by atoms with Crippen LogP contribution in [0.3, 0.4) is 0 Å². The number of nitrogens with one attached hydrogen (secondary N) is 2. The van der Waals surface area contributed by atoms with Crippen molar-refractivity contribution >= 4 is 28.8 Å². The first-order valence-electron chi connectivity index (χ1n) is 9.89. The molecular formula is C23H25N3O3S. The van der Waals surface area contributed by atoms with Crippen molar-refractivity contribution in [3.05, 3.63) is 64.5 Å². The lowest BCUT2D eigenvalue weighted by Gasteiger charge is -2.10. The molecule has 0 saturated carbocycles. The summed E-state index contributed by atoms with van der Waals surface area (Å²) in [4.78, 5) is 29.0. The molecule has 0 atom stereocenters. The number of amides is 2. The molecule has 2 aromatic carbocycles. The first kappa shape index (κ1) is 21.5. The Labute approximate surface area is 180 Å². The molecule has 2 N–H and O–H groups in total. The predicted octanol–water partition coefficient (Wildman–Crippen LogP) is 4.67. The summed E-state index contributed by atoms with van der Waals surface area (Å²) in [6, 6.07) is 14.8. The van der Waals surface area contributed by atoms with Crippen LogP contribution in [0.2, 0.25) is 0 Å². The second-order valence-electron chi connectivity index (χ2n) is 6.67. The third-order valence-corrected chi connectivity index (χ3v) is 5.15. The highest BCUT2D eigenvalue weighted by molar-refractivity contribution is 7.09. The summed E-state index contributed by atoms with van der Waals surface area (Å²) in [5, 5.41) is 8.76. The summed E-state index contributed by atoms with van der Waals surface area (Å²) in [7, 11) is 0. The number of carbonyl (C=O) groups excluding carboxylic acids is 2. The smallest absolute Gasteiger partial charge is 0.255 e. The number of ether oxygens (including phenoxy) is 1. The SMILES string of the molecule is CCOc1ccccc1C(=O)NCCCC(=O)Nc1ccc(-c2csc(C)n2)cc1. The van der Waals surface area contributed by atoms with Gasteiger partial charge in [0.1, 0.15) is 5.75 Å². The van der Waals surface area contributed by atoms with Crippen LogP contribution in [0, 0.1) is 6.92 Å². The van der Waals surface area contributed by atoms with E-state index >= 15 is 0 Å². The monoisotopic (exact) mass is 423 g/mol. The maximum Gasteiger partial charge on any atom is 0.255 e. The number of nitrogens with zero attached hydrogens (tertiary/aromatic N) is 1. The summed E-state index contributed by atoms with van der Waals surface area (Å²) in [6.45, 7) is 4.76. The Bertz CT molecular complexity index is 999. The van der Waals surface area contributed by atoms with Gasteiger partial charge in [0.2, 0.25) is 5.91 Å². The number of aromatic nitrogens is 1. The molecule has 0 aliphatic carbocycles. The topological polar surface area (TPSA) is 80.3 Å². The average Bonchev–Trinajstić information content (AvgIpc) is 3.18. The number of para-hydroxylation sites is 1. The minimum Gasteiger partial charge on any atom is -0.493 e. The molecule has 156 valence electrons. The van der Waals surface area contributed by atoms with E-state index in [1.54, 1.807) is 29.5 Å². The lowest BCUT2D eigenvalue weighted by Crippen LogP contribution is -2.26. The number of benzene rings is 2. The van der Waals surface area contributed by atoms with Gasteiger partial charge < -0.3 is 15.4 Å². The van der Waals surface area contributed by atoms with Crippen molar-refractivity contribution in [2.75, 3.05) is 18.5 Å². The van der Waals surface area contributed by atoms with Gasteiger partial charge in [-0.1, -0.05) is 24.3 Å². The van der Waals surface area contributed by atoms with Gasteiger partial charge in [0, 0.05) is 29.6 Å². The van der Waals surface area contributed by atoms with Crippen molar-refractivity contribution < 1.29 is 14.3 Å². The molecule has 0 spiro atoms. The van der Waals surface area contributed by atoms with Crippen LogP contribution in [0.1, 0.15) is 35.1 Å². The van der Waals surface area contributed by atoms with Gasteiger partial charge in [-0.15, -0.1) is 11.3 Å². The molecule has 2 amide bonds. The number of anilines is 1. The number of carbonyl (C=O) groups is 2. The van der Waals surface area contributed by atoms with E-state index in [0.717, 1.165) is 22.0 Å². The van der Waals surface area contributed by atoms with E-state index in [2.05, 4.69) is 15.6 Å². The second-order valence-corrected chi connectivity index (χ2v) is 7.73. The second kappa shape index (κ2) is 10.5. The maximum absolute atomic E-state index is 12.3. The number of thiazole rings is 1. The zero-order chi connectivity index (χ0) is 21.3. The van der Waals surface area contributed by atoms with Crippen LogP contribution in [0.15, 0.2) is 53.9 Å². The summed E-state index contributed by atoms with van der Waals surface area (Å²) < 4.78 is 5.48. The molecule has 1 aromatic heterocycles. The Morgan fingerprint density at radius 3 is 2.57 bits per heavy atom. The van der Waals surface area contributed by atoms with Gasteiger partial charge in [-0.05, 0) is 44.5 Å². The molecular weight excluding hydrogens is 398 g/mol. The van der Waals surface area contributed by atoms with Gasteiger partial charge in [0.25, 0.3) is 5.91 Å². The van der Waals surface area contributed by atoms with Crippen molar-refractivity contribution in [3.63, 3.8) is 0 Å². The molecule has 3 rings (SSSR count). The molecule has 0 radical (unpaired) electrons. The van der Waals surface area contributed by atoms with Gasteiger partial charge in [0.15, 0.2) is 0 Å². The number of rotatable bonds is 9. The van der Waals surface area contributed by atoms with E-state index in [4.69, 9.17) is 4.74 Å². The van der Waals surface area contributed by atoms with Gasteiger partial charge >= 0.3 is 0 Å². The molecule has 0 saturated heterocycles. The molecule has 0 aliphatic heterocycles. The molecule has 30 heavy (non-hydrogen) atoms. The molecule has 7 heteroatoms. The first-order chi connectivity index (χ1) is 14.6. The van der Waals surface area contributed by atoms with Crippen LogP contribution in [-0.2, 0) is 4.79 Å². The molecule has 6 nitrogen and oxygen atoms in total. The lowest BCUT2D eigenvalue weighted by molar-refractivity contribution is -0.116. The third-order valence-electron chi connectivity index (χ3n) is 4.38. The van der Waals surface area contributed by atoms with Crippen molar-refractivity contribution in [1.82, 2.24) is 10.3 Å². The number of hydrogen-bond donors (Lipinski definition) is 2. The van der Waals surface area contributed by atoms with E-state index < -0.39 is 0 Å². The maximum atomic E-state index is 12.3. The van der Waals surface area contributed by atoms with Crippen LogP contribution < -0.4 is 15.4 Å². The summed E-state index contributed by atoms with van der Waals surface area (Å²) in [5.74, 6) is 0.273. The summed E-state index contributed by atoms with van der Waals surface area (Å²) in [6.07, 6.45) is 0.866. The Morgan fingerprint density at radius 1 is 1.10 bits per heavy atom.